The highest BCUT2D eigenvalue weighted by atomic mass is 79.9. The molecule has 0 saturated heterocycles. The zero-order chi connectivity index (χ0) is 31.5. The summed E-state index contributed by atoms with van der Waals surface area (Å²) in [5.74, 6) is 0.858. The molecule has 4 heterocycles. The third-order valence-electron chi connectivity index (χ3n) is 6.61. The second-order valence-corrected chi connectivity index (χ2v) is 12.4. The number of rotatable bonds is 10. The van der Waals surface area contributed by atoms with Gasteiger partial charge in [-0.1, -0.05) is 24.7 Å². The molecule has 1 aliphatic rings. The Labute approximate surface area is 268 Å². The molecule has 1 aliphatic heterocycles. The summed E-state index contributed by atoms with van der Waals surface area (Å²) in [7, 11) is 3.07. The number of nitrogens with zero attached hydrogens (tertiary/aromatic N) is 3. The summed E-state index contributed by atoms with van der Waals surface area (Å²) in [4.78, 5) is 51.7. The predicted octanol–water partition coefficient (Wildman–Crippen LogP) is 4.49. The standard InChI is InChI=1S/C30H29BrN4O7S2/c1-6-8-20-24(27(38)41-7-2)25(18-12-16(39-4)9-10-21(18)40-5)35-26(37)22(43-30(35)33-20)14-17-13-19(31)28(42-17)44-29-32-15(3)11-23(36)34-29/h9-14,25H,6-8H2,1-5H3,(H,32,34,36)/b22-14-/t25-/m1/s1. The number of methoxy groups -OCH3 is 2. The van der Waals surface area contributed by atoms with Gasteiger partial charge in [0.25, 0.3) is 11.1 Å². The Bertz CT molecular complexity index is 2010. The molecular formula is C30H29BrN4O7S2. The van der Waals surface area contributed by atoms with Gasteiger partial charge in [0.2, 0.25) is 0 Å². The average Bonchev–Trinajstić information content (AvgIpc) is 3.48. The number of ether oxygens (including phenoxy) is 3. The van der Waals surface area contributed by atoms with Gasteiger partial charge in [0.05, 0.1) is 41.1 Å². The first kappa shape index (κ1) is 31.5. The third-order valence-corrected chi connectivity index (χ3v) is 9.32. The van der Waals surface area contributed by atoms with Crippen LogP contribution >= 0.6 is 39.0 Å². The molecule has 1 N–H and O–H groups in total. The summed E-state index contributed by atoms with van der Waals surface area (Å²) in [6.07, 6.45) is 2.85. The van der Waals surface area contributed by atoms with Crippen molar-refractivity contribution in [1.29, 1.82) is 0 Å². The number of aromatic nitrogens is 3. The van der Waals surface area contributed by atoms with E-state index in [1.807, 2.05) is 6.92 Å². The number of aromatic amines is 1. The largest absolute Gasteiger partial charge is 0.497 e. The van der Waals surface area contributed by atoms with Crippen molar-refractivity contribution in [1.82, 2.24) is 14.5 Å². The van der Waals surface area contributed by atoms with Gasteiger partial charge in [-0.3, -0.25) is 14.2 Å². The van der Waals surface area contributed by atoms with Gasteiger partial charge in [-0.15, -0.1) is 0 Å². The van der Waals surface area contributed by atoms with E-state index >= 15 is 0 Å². The summed E-state index contributed by atoms with van der Waals surface area (Å²) in [5, 5.41) is 0.824. The molecule has 0 spiro atoms. The highest BCUT2D eigenvalue weighted by Gasteiger charge is 2.36. The molecule has 44 heavy (non-hydrogen) atoms. The maximum atomic E-state index is 14.1. The number of fused-ring (bicyclic) bond motifs is 1. The Morgan fingerprint density at radius 1 is 1.20 bits per heavy atom. The Morgan fingerprint density at radius 2 is 2.00 bits per heavy atom. The van der Waals surface area contributed by atoms with E-state index in [2.05, 4.69) is 25.9 Å². The number of nitrogens with one attached hydrogen (secondary N) is 1. The number of hydrogen-bond donors (Lipinski definition) is 1. The highest BCUT2D eigenvalue weighted by Crippen LogP contribution is 2.39. The monoisotopic (exact) mass is 700 g/mol. The van der Waals surface area contributed by atoms with Gasteiger partial charge in [-0.2, -0.15) is 0 Å². The summed E-state index contributed by atoms with van der Waals surface area (Å²) in [6.45, 7) is 5.62. The van der Waals surface area contributed by atoms with Crippen molar-refractivity contribution in [3.8, 4) is 11.5 Å². The van der Waals surface area contributed by atoms with Crippen LogP contribution in [0.1, 0.15) is 49.7 Å². The zero-order valence-corrected chi connectivity index (χ0v) is 27.8. The van der Waals surface area contributed by atoms with Gasteiger partial charge in [-0.25, -0.2) is 14.8 Å². The van der Waals surface area contributed by atoms with E-state index in [1.54, 1.807) is 51.3 Å². The van der Waals surface area contributed by atoms with Crippen LogP contribution in [0.25, 0.3) is 6.08 Å². The number of carbonyl (C=O) groups is 1. The van der Waals surface area contributed by atoms with Crippen molar-refractivity contribution in [3.63, 3.8) is 0 Å². The fourth-order valence-corrected chi connectivity index (χ4v) is 7.16. The van der Waals surface area contributed by atoms with Crippen LogP contribution < -0.4 is 29.9 Å². The molecule has 14 heteroatoms. The van der Waals surface area contributed by atoms with E-state index in [1.165, 1.54) is 29.1 Å². The number of aryl methyl sites for hydroxylation is 1. The van der Waals surface area contributed by atoms with E-state index < -0.39 is 12.0 Å². The Hall–Kier alpha value is -3.88. The lowest BCUT2D eigenvalue weighted by atomic mass is 9.93. The summed E-state index contributed by atoms with van der Waals surface area (Å²) >= 11 is 5.83. The minimum Gasteiger partial charge on any atom is -0.497 e. The Kier molecular flexibility index (Phi) is 9.61. The molecule has 230 valence electrons. The van der Waals surface area contributed by atoms with Crippen molar-refractivity contribution in [2.24, 2.45) is 4.99 Å². The highest BCUT2D eigenvalue weighted by molar-refractivity contribution is 9.10. The Balaban J connectivity index is 1.68. The second kappa shape index (κ2) is 13.4. The fourth-order valence-electron chi connectivity index (χ4n) is 4.80. The number of hydrogen-bond acceptors (Lipinski definition) is 11. The number of thiazole rings is 1. The van der Waals surface area contributed by atoms with Gasteiger partial charge >= 0.3 is 5.97 Å². The molecule has 1 aromatic carbocycles. The first-order valence-corrected chi connectivity index (χ1v) is 16.1. The van der Waals surface area contributed by atoms with E-state index in [0.29, 0.717) is 64.7 Å². The van der Waals surface area contributed by atoms with Crippen molar-refractivity contribution >= 4 is 51.1 Å². The van der Waals surface area contributed by atoms with Crippen molar-refractivity contribution in [2.45, 2.75) is 49.9 Å². The lowest BCUT2D eigenvalue weighted by Gasteiger charge is -2.27. The number of benzene rings is 1. The van der Waals surface area contributed by atoms with E-state index in [9.17, 15) is 14.4 Å². The molecule has 0 radical (unpaired) electrons. The molecule has 0 fully saturated rings. The normalized spacial score (nSPS) is 14.8. The predicted molar refractivity (Wildman–Crippen MR) is 169 cm³/mol. The molecule has 5 rings (SSSR count). The van der Waals surface area contributed by atoms with Crippen LogP contribution in [0.15, 0.2) is 75.3 Å². The number of allylic oxidation sites excluding steroid dienone is 1. The van der Waals surface area contributed by atoms with Gasteiger partial charge in [0, 0.05) is 23.4 Å². The van der Waals surface area contributed by atoms with E-state index in [0.717, 1.165) is 18.2 Å². The van der Waals surface area contributed by atoms with Crippen LogP contribution in [0.2, 0.25) is 0 Å². The third kappa shape index (κ3) is 6.33. The first-order chi connectivity index (χ1) is 21.2. The topological polar surface area (TPSA) is 138 Å². The van der Waals surface area contributed by atoms with E-state index in [-0.39, 0.29) is 23.3 Å². The summed E-state index contributed by atoms with van der Waals surface area (Å²) in [5.41, 5.74) is 1.33. The van der Waals surface area contributed by atoms with Crippen LogP contribution in [0.3, 0.4) is 0 Å². The number of furan rings is 1. The lowest BCUT2D eigenvalue weighted by Crippen LogP contribution is -2.40. The lowest BCUT2D eigenvalue weighted by molar-refractivity contribution is -0.139. The van der Waals surface area contributed by atoms with E-state index in [4.69, 9.17) is 23.6 Å². The molecular weight excluding hydrogens is 672 g/mol. The van der Waals surface area contributed by atoms with Crippen LogP contribution in [0.5, 0.6) is 11.5 Å². The second-order valence-electron chi connectivity index (χ2n) is 9.60. The molecule has 0 bridgehead atoms. The number of esters is 1. The minimum absolute atomic E-state index is 0.161. The molecule has 11 nitrogen and oxygen atoms in total. The van der Waals surface area contributed by atoms with Gasteiger partial charge in [0.15, 0.2) is 15.1 Å². The van der Waals surface area contributed by atoms with Crippen LogP contribution in [-0.2, 0) is 9.53 Å². The maximum Gasteiger partial charge on any atom is 0.338 e. The zero-order valence-electron chi connectivity index (χ0n) is 24.6. The smallest absolute Gasteiger partial charge is 0.338 e. The summed E-state index contributed by atoms with van der Waals surface area (Å²) in [6, 6.07) is 7.49. The minimum atomic E-state index is -0.877. The fraction of sp³-hybridized carbons (Fsp3) is 0.300. The molecule has 4 aromatic rings. The first-order valence-electron chi connectivity index (χ1n) is 13.7. The number of H-pyrrole nitrogens is 1. The van der Waals surface area contributed by atoms with Crippen LogP contribution in [0, 0.1) is 6.92 Å². The molecule has 3 aromatic heterocycles. The average molecular weight is 702 g/mol. The van der Waals surface area contributed by atoms with Gasteiger partial charge in [-0.05, 0) is 72.2 Å². The SMILES string of the molecule is CCCC1=C(C(=O)OCC)[C@@H](c2cc(OC)ccc2OC)n2c(s/c(=C\c3cc(Br)c(Sc4nc(C)cc(=O)[nH]4)o3)c2=O)=N1. The van der Waals surface area contributed by atoms with Crippen LogP contribution in [-0.4, -0.2) is 41.3 Å². The summed E-state index contributed by atoms with van der Waals surface area (Å²) < 4.78 is 25.1. The number of carbonyl (C=O) groups excluding carboxylic acids is 1. The molecule has 1 atom stereocenters. The van der Waals surface area contributed by atoms with Crippen molar-refractivity contribution < 1.29 is 23.4 Å². The Morgan fingerprint density at radius 3 is 2.68 bits per heavy atom. The van der Waals surface area contributed by atoms with Crippen LogP contribution in [0.4, 0.5) is 0 Å². The van der Waals surface area contributed by atoms with Crippen molar-refractivity contribution in [3.05, 3.63) is 93.1 Å². The number of halogens is 1. The van der Waals surface area contributed by atoms with Gasteiger partial charge < -0.3 is 23.6 Å². The van der Waals surface area contributed by atoms with Crippen molar-refractivity contribution in [2.75, 3.05) is 20.8 Å². The van der Waals surface area contributed by atoms with Gasteiger partial charge in [0.1, 0.15) is 23.3 Å². The quantitative estimate of drug-likeness (QED) is 0.187. The molecule has 0 unspecified atom stereocenters. The maximum absolute atomic E-state index is 14.1. The molecule has 0 saturated carbocycles. The molecule has 0 amide bonds. The molecule has 0 aliphatic carbocycles.